The number of hydrogen-bond donors (Lipinski definition) is 0. The average molecular weight is 248 g/mol. The van der Waals surface area contributed by atoms with E-state index in [1.807, 2.05) is 0 Å². The summed E-state index contributed by atoms with van der Waals surface area (Å²) >= 11 is 0. The molecule has 0 spiro atoms. The summed E-state index contributed by atoms with van der Waals surface area (Å²) in [5.74, 6) is -3.81. The van der Waals surface area contributed by atoms with Crippen LogP contribution in [0, 0.1) is 11.3 Å². The SMILES string of the molecule is CC(C)C(Cc1ccccc1)(C(=O)[O-])C(=O)[O-].[Li+].[Li+]. The zero-order valence-corrected chi connectivity index (χ0v) is 11.8. The van der Waals surface area contributed by atoms with E-state index in [0.29, 0.717) is 5.56 Å². The molecule has 4 nitrogen and oxygen atoms in total. The second-order valence-electron chi connectivity index (χ2n) is 4.36. The normalized spacial score (nSPS) is 10.3. The van der Waals surface area contributed by atoms with E-state index in [1.165, 1.54) is 13.8 Å². The Labute approximate surface area is 136 Å². The molecule has 0 N–H and O–H groups in total. The van der Waals surface area contributed by atoms with Gasteiger partial charge < -0.3 is 19.8 Å². The van der Waals surface area contributed by atoms with Gasteiger partial charge in [-0.05, 0) is 17.9 Å². The minimum absolute atomic E-state index is 0. The van der Waals surface area contributed by atoms with Crippen molar-refractivity contribution in [2.75, 3.05) is 0 Å². The van der Waals surface area contributed by atoms with Gasteiger partial charge in [-0.3, -0.25) is 0 Å². The van der Waals surface area contributed by atoms with Gasteiger partial charge in [-0.2, -0.15) is 0 Å². The molecule has 92 valence electrons. The van der Waals surface area contributed by atoms with Crippen molar-refractivity contribution in [2.45, 2.75) is 20.3 Å². The van der Waals surface area contributed by atoms with Crippen molar-refractivity contribution in [1.82, 2.24) is 0 Å². The Balaban J connectivity index is 0. The fraction of sp³-hybridized carbons (Fsp3) is 0.385. The molecule has 0 aliphatic heterocycles. The second-order valence-corrected chi connectivity index (χ2v) is 4.36. The van der Waals surface area contributed by atoms with Crippen LogP contribution in [0.15, 0.2) is 30.3 Å². The number of carbonyl (C=O) groups excluding carboxylic acids is 2. The largest absolute Gasteiger partial charge is 1.00 e. The van der Waals surface area contributed by atoms with Crippen molar-refractivity contribution < 1.29 is 57.5 Å². The molecule has 0 heterocycles. The Morgan fingerprint density at radius 2 is 1.47 bits per heavy atom. The van der Waals surface area contributed by atoms with Gasteiger partial charge in [0.25, 0.3) is 0 Å². The van der Waals surface area contributed by atoms with Gasteiger partial charge in [0.15, 0.2) is 0 Å². The van der Waals surface area contributed by atoms with Crippen molar-refractivity contribution in [3.05, 3.63) is 35.9 Å². The fourth-order valence-electron chi connectivity index (χ4n) is 1.82. The van der Waals surface area contributed by atoms with E-state index < -0.39 is 23.3 Å². The number of rotatable bonds is 5. The maximum Gasteiger partial charge on any atom is 1.00 e. The van der Waals surface area contributed by atoms with E-state index >= 15 is 0 Å². The van der Waals surface area contributed by atoms with Crippen molar-refractivity contribution in [3.8, 4) is 0 Å². The van der Waals surface area contributed by atoms with E-state index in [1.54, 1.807) is 30.3 Å². The predicted octanol–water partition coefficient (Wildman–Crippen LogP) is -6.62. The van der Waals surface area contributed by atoms with Crippen LogP contribution in [0.25, 0.3) is 0 Å². The molecule has 0 saturated heterocycles. The summed E-state index contributed by atoms with van der Waals surface area (Å²) in [6.07, 6.45) is -0.129. The van der Waals surface area contributed by atoms with Crippen LogP contribution in [0.2, 0.25) is 0 Å². The van der Waals surface area contributed by atoms with E-state index in [-0.39, 0.29) is 44.1 Å². The molecule has 6 heteroatoms. The minimum atomic E-state index is -1.98. The zero-order valence-electron chi connectivity index (χ0n) is 11.8. The van der Waals surface area contributed by atoms with E-state index in [4.69, 9.17) is 0 Å². The number of carbonyl (C=O) groups is 2. The molecule has 1 rings (SSSR count). The van der Waals surface area contributed by atoms with Gasteiger partial charge in [0, 0.05) is 0 Å². The number of hydrogen-bond acceptors (Lipinski definition) is 4. The maximum atomic E-state index is 11.2. The van der Waals surface area contributed by atoms with Crippen LogP contribution in [0.3, 0.4) is 0 Å². The van der Waals surface area contributed by atoms with Crippen LogP contribution in [0.4, 0.5) is 0 Å². The van der Waals surface area contributed by atoms with Gasteiger partial charge in [0.1, 0.15) is 0 Å². The van der Waals surface area contributed by atoms with Crippen LogP contribution in [-0.4, -0.2) is 11.9 Å². The number of benzene rings is 1. The fourth-order valence-corrected chi connectivity index (χ4v) is 1.82. The topological polar surface area (TPSA) is 80.3 Å². The third kappa shape index (κ3) is 4.44. The smallest absolute Gasteiger partial charge is 0.549 e. The second kappa shape index (κ2) is 8.51. The van der Waals surface area contributed by atoms with Gasteiger partial charge >= 0.3 is 37.7 Å². The molecule has 0 fully saturated rings. The third-order valence-corrected chi connectivity index (χ3v) is 3.04. The van der Waals surface area contributed by atoms with Gasteiger partial charge in [-0.1, -0.05) is 44.2 Å². The summed E-state index contributed by atoms with van der Waals surface area (Å²) in [6, 6.07) is 8.60. The van der Waals surface area contributed by atoms with Gasteiger partial charge in [-0.25, -0.2) is 0 Å². The Hall–Kier alpha value is -0.645. The molecule has 1 aromatic rings. The summed E-state index contributed by atoms with van der Waals surface area (Å²) in [5, 5.41) is 22.4. The molecule has 19 heavy (non-hydrogen) atoms. The molecular weight excluding hydrogens is 234 g/mol. The molecule has 0 radical (unpaired) electrons. The summed E-state index contributed by atoms with van der Waals surface area (Å²) in [5.41, 5.74) is -1.35. The summed E-state index contributed by atoms with van der Waals surface area (Å²) in [6.45, 7) is 3.07. The van der Waals surface area contributed by atoms with E-state index in [0.717, 1.165) is 0 Å². The van der Waals surface area contributed by atoms with E-state index in [2.05, 4.69) is 0 Å². The van der Waals surface area contributed by atoms with Gasteiger partial charge in [-0.15, -0.1) is 0 Å². The Bertz CT molecular complexity index is 404. The Morgan fingerprint density at radius 3 is 1.79 bits per heavy atom. The quantitative estimate of drug-likeness (QED) is 0.383. The van der Waals surface area contributed by atoms with Crippen LogP contribution in [-0.2, 0) is 16.0 Å². The summed E-state index contributed by atoms with van der Waals surface area (Å²) in [4.78, 5) is 22.4. The van der Waals surface area contributed by atoms with Gasteiger partial charge in [0.05, 0.1) is 17.4 Å². The first-order valence-electron chi connectivity index (χ1n) is 5.38. The van der Waals surface area contributed by atoms with Crippen molar-refractivity contribution in [1.29, 1.82) is 0 Å². The molecule has 0 aliphatic carbocycles. The molecule has 0 amide bonds. The Kier molecular flexibility index (Phi) is 9.26. The molecule has 0 aromatic heterocycles. The third-order valence-electron chi connectivity index (χ3n) is 3.04. The maximum absolute atomic E-state index is 11.2. The number of aliphatic carboxylic acids is 2. The first-order chi connectivity index (χ1) is 7.91. The first kappa shape index (κ1) is 20.7. The molecular formula is C13H14Li2O4. The van der Waals surface area contributed by atoms with E-state index in [9.17, 15) is 19.8 Å². The van der Waals surface area contributed by atoms with Gasteiger partial charge in [0.2, 0.25) is 0 Å². The first-order valence-corrected chi connectivity index (χ1v) is 5.38. The summed E-state index contributed by atoms with van der Waals surface area (Å²) < 4.78 is 0. The van der Waals surface area contributed by atoms with Crippen molar-refractivity contribution in [3.63, 3.8) is 0 Å². The van der Waals surface area contributed by atoms with Crippen molar-refractivity contribution >= 4 is 11.9 Å². The minimum Gasteiger partial charge on any atom is -0.549 e. The predicted molar refractivity (Wildman–Crippen MR) is 57.4 cm³/mol. The molecule has 0 aliphatic rings. The summed E-state index contributed by atoms with van der Waals surface area (Å²) in [7, 11) is 0. The van der Waals surface area contributed by atoms with Crippen LogP contribution in [0.1, 0.15) is 19.4 Å². The molecule has 0 saturated carbocycles. The standard InChI is InChI=1S/C13H16O4.2Li/c1-9(2)13(11(14)15,12(16)17)8-10-6-4-3-5-7-10;;/h3-7,9H,8H2,1-2H3,(H,14,15)(H,16,17);;/q;2*+1/p-2. The van der Waals surface area contributed by atoms with Crippen LogP contribution < -0.4 is 47.9 Å². The molecule has 1 aromatic carbocycles. The monoisotopic (exact) mass is 248 g/mol. The Morgan fingerprint density at radius 1 is 1.05 bits per heavy atom. The molecule has 0 atom stereocenters. The zero-order chi connectivity index (χ0) is 13.1. The van der Waals surface area contributed by atoms with Crippen molar-refractivity contribution in [2.24, 2.45) is 11.3 Å². The average Bonchev–Trinajstić information content (AvgIpc) is 2.25. The number of carboxylic acids is 2. The molecule has 0 bridgehead atoms. The molecule has 0 unspecified atom stereocenters. The number of carboxylic acid groups (broad SMARTS) is 2. The van der Waals surface area contributed by atoms with Crippen LogP contribution >= 0.6 is 0 Å². The van der Waals surface area contributed by atoms with Crippen LogP contribution in [0.5, 0.6) is 0 Å².